The number of hydrogen-bond acceptors (Lipinski definition) is 4. The summed E-state index contributed by atoms with van der Waals surface area (Å²) >= 11 is 1.80. The van der Waals surface area contributed by atoms with Crippen molar-refractivity contribution in [3.8, 4) is 0 Å². The lowest BCUT2D eigenvalue weighted by Crippen LogP contribution is -2.48. The summed E-state index contributed by atoms with van der Waals surface area (Å²) in [6, 6.07) is 0. The first-order chi connectivity index (χ1) is 9.07. The van der Waals surface area contributed by atoms with Gasteiger partial charge < -0.3 is 10.1 Å². The van der Waals surface area contributed by atoms with Crippen LogP contribution in [0.2, 0.25) is 0 Å². The summed E-state index contributed by atoms with van der Waals surface area (Å²) in [5.74, 6) is 1.56. The molecule has 3 atom stereocenters. The lowest BCUT2D eigenvalue weighted by Gasteiger charge is -2.42. The second-order valence-corrected chi connectivity index (χ2v) is 6.85. The number of aryl methyl sites for hydroxylation is 1. The van der Waals surface area contributed by atoms with Crippen molar-refractivity contribution in [2.45, 2.75) is 45.6 Å². The third kappa shape index (κ3) is 3.36. The Bertz CT molecular complexity index is 407. The van der Waals surface area contributed by atoms with Gasteiger partial charge in [0.15, 0.2) is 0 Å². The highest BCUT2D eigenvalue weighted by Gasteiger charge is 2.40. The van der Waals surface area contributed by atoms with Gasteiger partial charge in [0.25, 0.3) is 0 Å². The van der Waals surface area contributed by atoms with Gasteiger partial charge in [-0.05, 0) is 38.0 Å². The van der Waals surface area contributed by atoms with Crippen LogP contribution in [0.3, 0.4) is 0 Å². The highest BCUT2D eigenvalue weighted by molar-refractivity contribution is 7.09. The van der Waals surface area contributed by atoms with Crippen molar-refractivity contribution in [2.24, 2.45) is 11.8 Å². The highest BCUT2D eigenvalue weighted by atomic mass is 32.1. The van der Waals surface area contributed by atoms with Crippen LogP contribution in [0.25, 0.3) is 0 Å². The quantitative estimate of drug-likeness (QED) is 0.841. The molecular weight excluding hydrogens is 256 g/mol. The molecule has 19 heavy (non-hydrogen) atoms. The minimum Gasteiger partial charge on any atom is -0.383 e. The smallest absolute Gasteiger partial charge is 0.113 e. The van der Waals surface area contributed by atoms with Gasteiger partial charge in [-0.3, -0.25) is 0 Å². The first kappa shape index (κ1) is 14.9. The van der Waals surface area contributed by atoms with Gasteiger partial charge in [-0.25, -0.2) is 4.98 Å². The van der Waals surface area contributed by atoms with Crippen LogP contribution in [0.4, 0.5) is 0 Å². The summed E-state index contributed by atoms with van der Waals surface area (Å²) in [6.45, 7) is 8.48. The van der Waals surface area contributed by atoms with Gasteiger partial charge in [-0.2, -0.15) is 0 Å². The molecule has 0 radical (unpaired) electrons. The summed E-state index contributed by atoms with van der Waals surface area (Å²) in [6.07, 6.45) is 3.65. The Labute approximate surface area is 120 Å². The van der Waals surface area contributed by atoms with E-state index in [0.717, 1.165) is 30.7 Å². The van der Waals surface area contributed by atoms with E-state index < -0.39 is 0 Å². The molecule has 4 heteroatoms. The molecule has 0 aliphatic heterocycles. The van der Waals surface area contributed by atoms with Crippen LogP contribution in [0, 0.1) is 18.8 Å². The molecule has 3 nitrogen and oxygen atoms in total. The second-order valence-electron chi connectivity index (χ2n) is 5.99. The number of rotatable bonds is 5. The molecule has 3 unspecified atom stereocenters. The van der Waals surface area contributed by atoms with Crippen molar-refractivity contribution in [1.29, 1.82) is 0 Å². The second kappa shape index (κ2) is 6.33. The maximum atomic E-state index is 5.19. The van der Waals surface area contributed by atoms with E-state index in [1.165, 1.54) is 24.3 Å². The molecule has 0 aromatic carbocycles. The van der Waals surface area contributed by atoms with Crippen LogP contribution in [-0.2, 0) is 10.3 Å². The molecular formula is C15H26N2OS. The van der Waals surface area contributed by atoms with Crippen LogP contribution >= 0.6 is 11.3 Å². The van der Waals surface area contributed by atoms with Crippen molar-refractivity contribution in [3.63, 3.8) is 0 Å². The number of nitrogens with one attached hydrogen (secondary N) is 1. The summed E-state index contributed by atoms with van der Waals surface area (Å²) in [4.78, 5) is 4.76. The molecule has 1 N–H and O–H groups in total. The molecule has 108 valence electrons. The molecule has 0 saturated heterocycles. The van der Waals surface area contributed by atoms with Crippen molar-refractivity contribution in [1.82, 2.24) is 10.3 Å². The number of methoxy groups -OCH3 is 1. The van der Waals surface area contributed by atoms with E-state index in [1.807, 2.05) is 0 Å². The van der Waals surface area contributed by atoms with Crippen LogP contribution in [0.15, 0.2) is 5.38 Å². The van der Waals surface area contributed by atoms with E-state index >= 15 is 0 Å². The Kier molecular flexibility index (Phi) is 4.98. The fraction of sp³-hybridized carbons (Fsp3) is 0.800. The van der Waals surface area contributed by atoms with Crippen molar-refractivity contribution in [3.05, 3.63) is 16.1 Å². The van der Waals surface area contributed by atoms with E-state index in [9.17, 15) is 0 Å². The lowest BCUT2D eigenvalue weighted by molar-refractivity contribution is 0.122. The first-order valence-electron chi connectivity index (χ1n) is 7.24. The zero-order chi connectivity index (χ0) is 13.9. The zero-order valence-corrected chi connectivity index (χ0v) is 13.3. The van der Waals surface area contributed by atoms with Crippen LogP contribution in [-0.4, -0.2) is 25.2 Å². The van der Waals surface area contributed by atoms with E-state index in [2.05, 4.69) is 31.5 Å². The van der Waals surface area contributed by atoms with Crippen molar-refractivity contribution in [2.75, 3.05) is 20.3 Å². The lowest BCUT2D eigenvalue weighted by atomic mass is 9.71. The fourth-order valence-electron chi connectivity index (χ4n) is 3.01. The number of nitrogens with zero attached hydrogens (tertiary/aromatic N) is 1. The maximum absolute atomic E-state index is 5.19. The molecule has 1 aliphatic rings. The third-order valence-electron chi connectivity index (χ3n) is 4.47. The molecule has 1 heterocycles. The van der Waals surface area contributed by atoms with Crippen LogP contribution < -0.4 is 5.32 Å². The standard InChI is InChI=1S/C15H26N2OS/c1-11-5-6-15(9-12(11)2,16-7-8-18-4)14-17-13(3)10-19-14/h10-12,16H,5-9H2,1-4H3. The van der Waals surface area contributed by atoms with Gasteiger partial charge in [0.1, 0.15) is 5.01 Å². The SMILES string of the molecule is COCCNC1(c2nc(C)cs2)CCC(C)C(C)C1. The van der Waals surface area contributed by atoms with E-state index in [0.29, 0.717) is 0 Å². The topological polar surface area (TPSA) is 34.1 Å². The Morgan fingerprint density at radius 1 is 1.47 bits per heavy atom. The number of hydrogen-bond donors (Lipinski definition) is 1. The van der Waals surface area contributed by atoms with Crippen LogP contribution in [0.5, 0.6) is 0 Å². The average molecular weight is 282 g/mol. The number of thiazole rings is 1. The molecule has 2 rings (SSSR count). The number of ether oxygens (including phenoxy) is 1. The van der Waals surface area contributed by atoms with Gasteiger partial charge >= 0.3 is 0 Å². The fourth-order valence-corrected chi connectivity index (χ4v) is 4.02. The van der Waals surface area contributed by atoms with Crippen LogP contribution in [0.1, 0.15) is 43.8 Å². The Morgan fingerprint density at radius 3 is 2.84 bits per heavy atom. The van der Waals surface area contributed by atoms with Gasteiger partial charge in [-0.1, -0.05) is 13.8 Å². The monoisotopic (exact) mass is 282 g/mol. The number of aromatic nitrogens is 1. The van der Waals surface area contributed by atoms with E-state index in [1.54, 1.807) is 18.4 Å². The largest absolute Gasteiger partial charge is 0.383 e. The highest BCUT2D eigenvalue weighted by Crippen LogP contribution is 2.43. The maximum Gasteiger partial charge on any atom is 0.113 e. The first-order valence-corrected chi connectivity index (χ1v) is 8.12. The minimum absolute atomic E-state index is 0.0728. The molecule has 1 saturated carbocycles. The van der Waals surface area contributed by atoms with Gasteiger partial charge in [0.2, 0.25) is 0 Å². The van der Waals surface area contributed by atoms with E-state index in [4.69, 9.17) is 9.72 Å². The zero-order valence-electron chi connectivity index (χ0n) is 12.5. The third-order valence-corrected chi connectivity index (χ3v) is 5.63. The Morgan fingerprint density at radius 2 is 2.26 bits per heavy atom. The predicted molar refractivity (Wildman–Crippen MR) is 80.6 cm³/mol. The van der Waals surface area contributed by atoms with E-state index in [-0.39, 0.29) is 5.54 Å². The molecule has 0 bridgehead atoms. The Balaban J connectivity index is 2.18. The molecule has 1 fully saturated rings. The average Bonchev–Trinajstić information content (AvgIpc) is 2.81. The van der Waals surface area contributed by atoms with Gasteiger partial charge in [0.05, 0.1) is 12.1 Å². The van der Waals surface area contributed by atoms with Crippen molar-refractivity contribution < 1.29 is 4.74 Å². The predicted octanol–water partition coefficient (Wildman–Crippen LogP) is 3.34. The molecule has 0 amide bonds. The van der Waals surface area contributed by atoms with Gasteiger partial charge in [-0.15, -0.1) is 11.3 Å². The summed E-state index contributed by atoms with van der Waals surface area (Å²) in [5.41, 5.74) is 1.21. The normalized spacial score (nSPS) is 31.6. The Hall–Kier alpha value is -0.450. The molecule has 1 aromatic rings. The summed E-state index contributed by atoms with van der Waals surface area (Å²) < 4.78 is 5.19. The molecule has 1 aromatic heterocycles. The van der Waals surface area contributed by atoms with Gasteiger partial charge in [0, 0.05) is 24.7 Å². The minimum atomic E-state index is 0.0728. The van der Waals surface area contributed by atoms with Crippen molar-refractivity contribution >= 4 is 11.3 Å². The molecule has 0 spiro atoms. The summed E-state index contributed by atoms with van der Waals surface area (Å²) in [5, 5.41) is 7.17. The summed E-state index contributed by atoms with van der Waals surface area (Å²) in [7, 11) is 1.76. The molecule has 1 aliphatic carbocycles.